The Kier molecular flexibility index (Phi) is 6.79. The van der Waals surface area contributed by atoms with Crippen molar-refractivity contribution in [3.8, 4) is 67.5 Å². The molecule has 6 heteroatoms. The number of hydrogen-bond donors (Lipinski definition) is 0. The summed E-state index contributed by atoms with van der Waals surface area (Å²) in [5.41, 5.74) is 15.2. The van der Waals surface area contributed by atoms with Gasteiger partial charge in [-0.05, 0) is 57.6 Å². The number of hydrogen-bond acceptors (Lipinski definition) is 6. The summed E-state index contributed by atoms with van der Waals surface area (Å²) in [5.74, 6) is 1.88. The summed E-state index contributed by atoms with van der Waals surface area (Å²) in [6.45, 7) is 4.57. The van der Waals surface area contributed by atoms with Crippen LogP contribution in [0.25, 0.3) is 101 Å². The second-order valence-corrected chi connectivity index (χ2v) is 14.7. The minimum absolute atomic E-state index is 0.204. The molecule has 0 amide bonds. The van der Waals surface area contributed by atoms with Gasteiger partial charge < -0.3 is 8.83 Å². The molecule has 260 valence electrons. The van der Waals surface area contributed by atoms with Gasteiger partial charge in [0.25, 0.3) is 0 Å². The van der Waals surface area contributed by atoms with Crippen LogP contribution in [0, 0.1) is 0 Å². The van der Waals surface area contributed by atoms with Crippen LogP contribution in [-0.2, 0) is 5.41 Å². The molecule has 0 radical (unpaired) electrons. The molecule has 3 aromatic heterocycles. The zero-order valence-corrected chi connectivity index (χ0v) is 30.1. The number of rotatable bonds is 5. The number of oxazole rings is 1. The third-order valence-corrected chi connectivity index (χ3v) is 11.1. The maximum atomic E-state index is 6.94. The lowest BCUT2D eigenvalue weighted by molar-refractivity contribution is 0.598. The van der Waals surface area contributed by atoms with E-state index in [1.54, 1.807) is 0 Å². The molecular weight excluding hydrogens is 677 g/mol. The molecule has 0 fully saturated rings. The Hall–Kier alpha value is -7.18. The van der Waals surface area contributed by atoms with Gasteiger partial charge in [0.15, 0.2) is 29.4 Å². The summed E-state index contributed by atoms with van der Waals surface area (Å²) in [6, 6.07) is 52.4. The summed E-state index contributed by atoms with van der Waals surface area (Å²) in [6.07, 6.45) is 1.52. The van der Waals surface area contributed by atoms with Gasteiger partial charge in [-0.3, -0.25) is 0 Å². The first-order chi connectivity index (χ1) is 27.0. The van der Waals surface area contributed by atoms with Crippen LogP contribution in [0.4, 0.5) is 0 Å². The third-order valence-electron chi connectivity index (χ3n) is 11.1. The Morgan fingerprint density at radius 1 is 0.436 bits per heavy atom. The van der Waals surface area contributed by atoms with Crippen LogP contribution in [0.2, 0.25) is 0 Å². The van der Waals surface area contributed by atoms with Crippen LogP contribution < -0.4 is 0 Å². The van der Waals surface area contributed by atoms with Crippen LogP contribution in [0.5, 0.6) is 0 Å². The maximum Gasteiger partial charge on any atom is 0.181 e. The Labute approximate surface area is 316 Å². The fourth-order valence-corrected chi connectivity index (χ4v) is 8.29. The average Bonchev–Trinajstić information content (AvgIpc) is 3.93. The van der Waals surface area contributed by atoms with Crippen molar-refractivity contribution in [1.29, 1.82) is 0 Å². The molecule has 0 saturated carbocycles. The average molecular weight is 709 g/mol. The number of benzene rings is 7. The molecule has 7 aromatic carbocycles. The highest BCUT2D eigenvalue weighted by Crippen LogP contribution is 2.51. The van der Waals surface area contributed by atoms with Crippen molar-refractivity contribution >= 4 is 33.0 Å². The first-order valence-corrected chi connectivity index (χ1v) is 18.4. The normalized spacial score (nSPS) is 13.1. The Morgan fingerprint density at radius 2 is 0.982 bits per heavy atom. The molecule has 3 heterocycles. The SMILES string of the molecule is CC1(C)c2cc(-c3cccc4c3oc3c(-c5cccc(-c6nc(-c7ccccc7)nc(-c7ccccc7)n6)c5)cccc34)ccc2-c2cc3ncoc3cc21. The summed E-state index contributed by atoms with van der Waals surface area (Å²) in [5, 5.41) is 2.15. The van der Waals surface area contributed by atoms with Gasteiger partial charge in [0.05, 0.1) is 0 Å². The fourth-order valence-electron chi connectivity index (χ4n) is 8.29. The van der Waals surface area contributed by atoms with Crippen LogP contribution >= 0.6 is 0 Å². The largest absolute Gasteiger partial charge is 0.455 e. The van der Waals surface area contributed by atoms with Crippen LogP contribution in [0.15, 0.2) is 167 Å². The summed E-state index contributed by atoms with van der Waals surface area (Å²) in [4.78, 5) is 19.3. The van der Waals surface area contributed by atoms with Crippen molar-refractivity contribution in [3.05, 3.63) is 169 Å². The van der Waals surface area contributed by atoms with E-state index in [0.717, 1.165) is 72.0 Å². The minimum atomic E-state index is -0.204. The molecule has 1 aliphatic rings. The molecule has 0 bridgehead atoms. The lowest BCUT2D eigenvalue weighted by Crippen LogP contribution is -2.15. The van der Waals surface area contributed by atoms with Crippen molar-refractivity contribution < 1.29 is 8.83 Å². The summed E-state index contributed by atoms with van der Waals surface area (Å²) >= 11 is 0. The number of furan rings is 1. The summed E-state index contributed by atoms with van der Waals surface area (Å²) < 4.78 is 12.6. The van der Waals surface area contributed by atoms with Crippen LogP contribution in [-0.4, -0.2) is 19.9 Å². The molecule has 0 aliphatic heterocycles. The van der Waals surface area contributed by atoms with Crippen LogP contribution in [0.3, 0.4) is 0 Å². The summed E-state index contributed by atoms with van der Waals surface area (Å²) in [7, 11) is 0. The van der Waals surface area contributed by atoms with E-state index in [0.29, 0.717) is 17.5 Å². The van der Waals surface area contributed by atoms with E-state index in [9.17, 15) is 0 Å². The zero-order chi connectivity index (χ0) is 36.7. The molecule has 0 spiro atoms. The molecule has 10 aromatic rings. The van der Waals surface area contributed by atoms with Crippen molar-refractivity contribution in [1.82, 2.24) is 19.9 Å². The molecule has 0 unspecified atom stereocenters. The topological polar surface area (TPSA) is 77.8 Å². The molecule has 6 nitrogen and oxygen atoms in total. The van der Waals surface area contributed by atoms with Crippen molar-refractivity contribution in [2.45, 2.75) is 19.3 Å². The predicted molar refractivity (Wildman–Crippen MR) is 219 cm³/mol. The molecule has 55 heavy (non-hydrogen) atoms. The standard InChI is InChI=1S/C49H32N4O2/c1-49(2)40-25-32(22-23-36(40)39-26-42-43(27-41(39)49)54-28-50-42)35-19-11-21-38-37-20-10-18-34(44(37)55-45(35)38)31-16-9-17-33(24-31)48-52-46(29-12-5-3-6-13-29)51-47(53-48)30-14-7-4-8-15-30/h3-28H,1-2H3. The molecule has 0 N–H and O–H groups in total. The van der Waals surface area contributed by atoms with E-state index in [2.05, 4.69) is 110 Å². The van der Waals surface area contributed by atoms with Gasteiger partial charge in [0.2, 0.25) is 0 Å². The monoisotopic (exact) mass is 708 g/mol. The highest BCUT2D eigenvalue weighted by Gasteiger charge is 2.36. The highest BCUT2D eigenvalue weighted by atomic mass is 16.3. The maximum absolute atomic E-state index is 6.94. The molecule has 0 saturated heterocycles. The van der Waals surface area contributed by atoms with Gasteiger partial charge in [-0.15, -0.1) is 0 Å². The number of aromatic nitrogens is 4. The first-order valence-electron chi connectivity index (χ1n) is 18.4. The smallest absolute Gasteiger partial charge is 0.181 e. The molecule has 0 atom stereocenters. The predicted octanol–water partition coefficient (Wildman–Crippen LogP) is 12.6. The van der Waals surface area contributed by atoms with Gasteiger partial charge in [-0.2, -0.15) is 0 Å². The van der Waals surface area contributed by atoms with Gasteiger partial charge in [-0.1, -0.05) is 141 Å². The van der Waals surface area contributed by atoms with Crippen LogP contribution in [0.1, 0.15) is 25.0 Å². The van der Waals surface area contributed by atoms with Gasteiger partial charge in [0, 0.05) is 44.0 Å². The van der Waals surface area contributed by atoms with E-state index in [-0.39, 0.29) is 5.41 Å². The van der Waals surface area contributed by atoms with Crippen molar-refractivity contribution in [2.75, 3.05) is 0 Å². The Balaban J connectivity index is 1.03. The zero-order valence-electron chi connectivity index (χ0n) is 30.1. The van der Waals surface area contributed by atoms with Gasteiger partial charge in [0.1, 0.15) is 16.7 Å². The van der Waals surface area contributed by atoms with E-state index in [4.69, 9.17) is 23.8 Å². The van der Waals surface area contributed by atoms with Gasteiger partial charge in [-0.25, -0.2) is 19.9 Å². The number of fused-ring (bicyclic) bond motifs is 7. The van der Waals surface area contributed by atoms with E-state index in [1.165, 1.54) is 28.6 Å². The third kappa shape index (κ3) is 4.95. The quantitative estimate of drug-likeness (QED) is 0.177. The van der Waals surface area contributed by atoms with Crippen molar-refractivity contribution in [2.24, 2.45) is 0 Å². The Bertz CT molecular complexity index is 3070. The second kappa shape index (κ2) is 11.9. The number of para-hydroxylation sites is 2. The first kappa shape index (κ1) is 31.4. The second-order valence-electron chi connectivity index (χ2n) is 14.7. The lowest BCUT2D eigenvalue weighted by Gasteiger charge is -2.22. The van der Waals surface area contributed by atoms with Gasteiger partial charge >= 0.3 is 0 Å². The highest BCUT2D eigenvalue weighted by molar-refractivity contribution is 6.13. The number of nitrogens with zero attached hydrogens (tertiary/aromatic N) is 4. The lowest BCUT2D eigenvalue weighted by atomic mass is 9.81. The molecule has 1 aliphatic carbocycles. The fraction of sp³-hybridized carbons (Fsp3) is 0.0612. The Morgan fingerprint density at radius 3 is 1.64 bits per heavy atom. The van der Waals surface area contributed by atoms with E-state index >= 15 is 0 Å². The molecular formula is C49H32N4O2. The minimum Gasteiger partial charge on any atom is -0.455 e. The van der Waals surface area contributed by atoms with E-state index in [1.807, 2.05) is 60.7 Å². The molecule has 11 rings (SSSR count). The van der Waals surface area contributed by atoms with E-state index < -0.39 is 0 Å². The van der Waals surface area contributed by atoms with Crippen molar-refractivity contribution in [3.63, 3.8) is 0 Å².